The second kappa shape index (κ2) is 7.03. The molecule has 25 heavy (non-hydrogen) atoms. The third-order valence-corrected chi connectivity index (χ3v) is 4.54. The van der Waals surface area contributed by atoms with Crippen LogP contribution in [0.25, 0.3) is 0 Å². The Morgan fingerprint density at radius 1 is 1.04 bits per heavy atom. The van der Waals surface area contributed by atoms with E-state index in [0.29, 0.717) is 5.71 Å². The molecule has 0 radical (unpaired) electrons. The minimum absolute atomic E-state index is 0.165. The number of benzene rings is 2. The van der Waals surface area contributed by atoms with Gasteiger partial charge in [-0.1, -0.05) is 77.4 Å². The number of rotatable bonds is 4. The van der Waals surface area contributed by atoms with Gasteiger partial charge in [-0.15, -0.1) is 0 Å². The molecule has 1 aromatic heterocycles. The first kappa shape index (κ1) is 17.1. The van der Waals surface area contributed by atoms with Gasteiger partial charge in [0.15, 0.2) is 0 Å². The number of halogens is 2. The fourth-order valence-electron chi connectivity index (χ4n) is 3.24. The summed E-state index contributed by atoms with van der Waals surface area (Å²) in [6.45, 7) is 1.66. The highest BCUT2D eigenvalue weighted by molar-refractivity contribution is 6.29. The predicted octanol–water partition coefficient (Wildman–Crippen LogP) is 5.06. The molecule has 5 heteroatoms. The maximum atomic E-state index is 14.9. The Kier molecular flexibility index (Phi) is 4.81. The van der Waals surface area contributed by atoms with Crippen LogP contribution in [0.5, 0.6) is 0 Å². The summed E-state index contributed by atoms with van der Waals surface area (Å²) in [6.07, 6.45) is 1.09. The van der Waals surface area contributed by atoms with Crippen molar-refractivity contribution >= 4 is 17.3 Å². The smallest absolute Gasteiger partial charge is 0.146 e. The molecule has 3 rings (SSSR count). The number of aromatic nitrogens is 1. The minimum Gasteiger partial charge on any atom is -0.411 e. The zero-order valence-electron chi connectivity index (χ0n) is 13.5. The lowest BCUT2D eigenvalue weighted by Gasteiger charge is -2.35. The Bertz CT molecular complexity index is 859. The monoisotopic (exact) mass is 354 g/mol. The first-order valence-electron chi connectivity index (χ1n) is 7.72. The van der Waals surface area contributed by atoms with Gasteiger partial charge in [-0.25, -0.2) is 9.37 Å². The van der Waals surface area contributed by atoms with E-state index in [2.05, 4.69) is 10.1 Å². The second-order valence-corrected chi connectivity index (χ2v) is 6.04. The van der Waals surface area contributed by atoms with Gasteiger partial charge in [0, 0.05) is 5.56 Å². The van der Waals surface area contributed by atoms with Gasteiger partial charge in [-0.3, -0.25) is 0 Å². The molecule has 3 aromatic rings. The normalized spacial score (nSPS) is 12.2. The molecule has 0 bridgehead atoms. The van der Waals surface area contributed by atoms with Crippen molar-refractivity contribution in [1.82, 2.24) is 4.98 Å². The van der Waals surface area contributed by atoms with Gasteiger partial charge in [0.2, 0.25) is 0 Å². The topological polar surface area (TPSA) is 45.5 Å². The number of oxime groups is 1. The molecule has 0 fully saturated rings. The van der Waals surface area contributed by atoms with Gasteiger partial charge in [0.05, 0.1) is 17.3 Å². The Labute approximate surface area is 150 Å². The van der Waals surface area contributed by atoms with Crippen LogP contribution >= 0.6 is 11.6 Å². The molecule has 0 atom stereocenters. The summed E-state index contributed by atoms with van der Waals surface area (Å²) in [6, 6.07) is 20.1. The number of hydrogen-bond donors (Lipinski definition) is 1. The molecule has 126 valence electrons. The van der Waals surface area contributed by atoms with Crippen LogP contribution in [-0.2, 0) is 5.41 Å². The van der Waals surface area contributed by atoms with E-state index in [1.165, 1.54) is 6.07 Å². The van der Waals surface area contributed by atoms with Crippen molar-refractivity contribution in [2.75, 3.05) is 0 Å². The highest BCUT2D eigenvalue weighted by atomic mass is 35.5. The molecule has 1 heterocycles. The van der Waals surface area contributed by atoms with E-state index >= 15 is 0 Å². The summed E-state index contributed by atoms with van der Waals surface area (Å²) < 4.78 is 14.9. The van der Waals surface area contributed by atoms with Gasteiger partial charge in [0.1, 0.15) is 11.0 Å². The zero-order valence-corrected chi connectivity index (χ0v) is 14.3. The molecule has 0 aliphatic heterocycles. The molecule has 3 nitrogen and oxygen atoms in total. The van der Waals surface area contributed by atoms with E-state index in [4.69, 9.17) is 11.6 Å². The highest BCUT2D eigenvalue weighted by Crippen LogP contribution is 2.42. The van der Waals surface area contributed by atoms with Crippen molar-refractivity contribution < 1.29 is 9.60 Å². The van der Waals surface area contributed by atoms with Crippen molar-refractivity contribution in [3.63, 3.8) is 0 Å². The molecular formula is C20H16ClFN2O. The minimum atomic E-state index is -1.13. The molecular weight excluding hydrogens is 339 g/mol. The van der Waals surface area contributed by atoms with Crippen molar-refractivity contribution in [1.29, 1.82) is 0 Å². The lowest BCUT2D eigenvalue weighted by atomic mass is 9.66. The lowest BCUT2D eigenvalue weighted by molar-refractivity contribution is 0.315. The molecule has 0 aliphatic carbocycles. The molecule has 0 unspecified atom stereocenters. The first-order valence-corrected chi connectivity index (χ1v) is 8.10. The van der Waals surface area contributed by atoms with Gasteiger partial charge >= 0.3 is 0 Å². The maximum Gasteiger partial charge on any atom is 0.146 e. The van der Waals surface area contributed by atoms with Gasteiger partial charge in [-0.05, 0) is 24.1 Å². The van der Waals surface area contributed by atoms with Crippen LogP contribution in [0, 0.1) is 5.82 Å². The third kappa shape index (κ3) is 2.89. The maximum absolute atomic E-state index is 14.9. The van der Waals surface area contributed by atoms with E-state index in [1.807, 2.05) is 60.7 Å². The largest absolute Gasteiger partial charge is 0.411 e. The molecule has 0 saturated carbocycles. The predicted molar refractivity (Wildman–Crippen MR) is 96.9 cm³/mol. The molecule has 0 saturated heterocycles. The zero-order chi connectivity index (χ0) is 17.9. The second-order valence-electron chi connectivity index (χ2n) is 5.65. The van der Waals surface area contributed by atoms with Crippen LogP contribution in [0.15, 0.2) is 78.1 Å². The van der Waals surface area contributed by atoms with Crippen molar-refractivity contribution in [3.05, 3.63) is 101 Å². The standard InChI is InChI=1S/C20H16ClFN2O/c1-14(24-25)20(15-8-4-2-5-9-15,16-10-6-3-7-11-16)17-12-19(21)23-13-18(17)22/h2-13,25H,1H3. The summed E-state index contributed by atoms with van der Waals surface area (Å²) in [7, 11) is 0. The third-order valence-electron chi connectivity index (χ3n) is 4.33. The number of hydrogen-bond acceptors (Lipinski definition) is 3. The number of pyridine rings is 1. The van der Waals surface area contributed by atoms with Crippen LogP contribution in [0.2, 0.25) is 5.15 Å². The highest BCUT2D eigenvalue weighted by Gasteiger charge is 2.42. The summed E-state index contributed by atoms with van der Waals surface area (Å²) in [4.78, 5) is 3.81. The van der Waals surface area contributed by atoms with Crippen LogP contribution in [-0.4, -0.2) is 15.9 Å². The summed E-state index contributed by atoms with van der Waals surface area (Å²) in [5.74, 6) is -0.528. The van der Waals surface area contributed by atoms with Gasteiger partial charge in [0.25, 0.3) is 0 Å². The van der Waals surface area contributed by atoms with Crippen molar-refractivity contribution in [2.24, 2.45) is 5.16 Å². The fraction of sp³-hybridized carbons (Fsp3) is 0.100. The Morgan fingerprint density at radius 3 is 2.04 bits per heavy atom. The van der Waals surface area contributed by atoms with Crippen molar-refractivity contribution in [2.45, 2.75) is 12.3 Å². The van der Waals surface area contributed by atoms with E-state index in [0.717, 1.165) is 17.3 Å². The number of nitrogens with zero attached hydrogens (tertiary/aromatic N) is 2. The molecule has 2 aromatic carbocycles. The lowest BCUT2D eigenvalue weighted by Crippen LogP contribution is -2.38. The Hall–Kier alpha value is -2.72. The van der Waals surface area contributed by atoms with Crippen LogP contribution in [0.3, 0.4) is 0 Å². The average molecular weight is 355 g/mol. The van der Waals surface area contributed by atoms with E-state index in [9.17, 15) is 9.60 Å². The van der Waals surface area contributed by atoms with Crippen molar-refractivity contribution in [3.8, 4) is 0 Å². The summed E-state index contributed by atoms with van der Waals surface area (Å²) in [5.41, 5.74) is 0.995. The Balaban J connectivity index is 2.48. The van der Waals surface area contributed by atoms with E-state index in [1.54, 1.807) is 6.92 Å². The molecule has 0 amide bonds. The average Bonchev–Trinajstić information content (AvgIpc) is 2.66. The van der Waals surface area contributed by atoms with Crippen LogP contribution < -0.4 is 0 Å². The first-order chi connectivity index (χ1) is 12.1. The molecule has 0 aliphatic rings. The van der Waals surface area contributed by atoms with Gasteiger partial charge < -0.3 is 5.21 Å². The summed E-state index contributed by atoms with van der Waals surface area (Å²) >= 11 is 6.07. The van der Waals surface area contributed by atoms with Gasteiger partial charge in [-0.2, -0.15) is 0 Å². The van der Waals surface area contributed by atoms with Crippen LogP contribution in [0.1, 0.15) is 23.6 Å². The van der Waals surface area contributed by atoms with E-state index in [-0.39, 0.29) is 10.7 Å². The molecule has 1 N–H and O–H groups in total. The quantitative estimate of drug-likeness (QED) is 0.308. The Morgan fingerprint density at radius 2 is 1.56 bits per heavy atom. The SMILES string of the molecule is CC(=NO)C(c1ccccc1)(c1ccccc1)c1cc(Cl)ncc1F. The van der Waals surface area contributed by atoms with Crippen LogP contribution in [0.4, 0.5) is 4.39 Å². The summed E-state index contributed by atoms with van der Waals surface area (Å²) in [5, 5.41) is 13.2. The van der Waals surface area contributed by atoms with E-state index < -0.39 is 11.2 Å². The molecule has 0 spiro atoms. The fourth-order valence-corrected chi connectivity index (χ4v) is 3.40.